The van der Waals surface area contributed by atoms with Crippen LogP contribution in [0, 0.1) is 5.92 Å². The van der Waals surface area contributed by atoms with Crippen LogP contribution in [0.4, 0.5) is 0 Å². The molecule has 2 fully saturated rings. The van der Waals surface area contributed by atoms with E-state index in [2.05, 4.69) is 10.6 Å². The molecule has 304 valence electrons. The third-order valence-electron chi connectivity index (χ3n) is 10.2. The fourth-order valence-corrected chi connectivity index (χ4v) is 6.88. The first-order chi connectivity index (χ1) is 26.7. The Labute approximate surface area is 322 Å². The van der Waals surface area contributed by atoms with Crippen LogP contribution in [0.1, 0.15) is 37.8 Å². The van der Waals surface area contributed by atoms with E-state index < -0.39 is 116 Å². The SMILES string of the molecule is CC1=CN(CC(=O)NC(Cc2ccccc2)C(=O)CC(Cc2ccccc2)C(=O)NC2C(O)OC(CO)C(O)C2OC2OC(C)C(O)C(O)C2O)C(=O)CC1=O. The Morgan fingerprint density at radius 3 is 2.12 bits per heavy atom. The number of hydrogen-bond donors (Lipinski definition) is 8. The van der Waals surface area contributed by atoms with Crippen molar-refractivity contribution in [1.29, 1.82) is 0 Å². The number of nitrogens with one attached hydrogen (secondary N) is 2. The molecule has 0 spiro atoms. The number of aliphatic hydroxyl groups excluding tert-OH is 6. The molecule has 17 heteroatoms. The van der Waals surface area contributed by atoms with E-state index in [0.29, 0.717) is 16.7 Å². The summed E-state index contributed by atoms with van der Waals surface area (Å²) in [6.07, 6.45) is -13.8. The Bertz CT molecular complexity index is 1730. The number of rotatable bonds is 15. The Kier molecular flexibility index (Phi) is 14.6. The summed E-state index contributed by atoms with van der Waals surface area (Å²) in [5.74, 6) is -4.08. The van der Waals surface area contributed by atoms with E-state index in [-0.39, 0.29) is 25.0 Å². The molecule has 17 nitrogen and oxygen atoms in total. The predicted molar refractivity (Wildman–Crippen MR) is 194 cm³/mol. The molecule has 8 N–H and O–H groups in total. The number of aliphatic hydroxyl groups is 6. The monoisotopic (exact) mass is 783 g/mol. The molecule has 12 unspecified atom stereocenters. The number of nitrogens with zero attached hydrogens (tertiary/aromatic N) is 1. The van der Waals surface area contributed by atoms with Crippen molar-refractivity contribution in [2.45, 2.75) is 107 Å². The molecule has 56 heavy (non-hydrogen) atoms. The minimum absolute atomic E-state index is 0.00779. The van der Waals surface area contributed by atoms with E-state index in [0.717, 1.165) is 4.90 Å². The Balaban J connectivity index is 1.39. The van der Waals surface area contributed by atoms with Gasteiger partial charge in [-0.15, -0.1) is 0 Å². The quantitative estimate of drug-likeness (QED) is 0.0910. The zero-order valence-electron chi connectivity index (χ0n) is 30.9. The van der Waals surface area contributed by atoms with Crippen molar-refractivity contribution in [1.82, 2.24) is 15.5 Å². The highest BCUT2D eigenvalue weighted by atomic mass is 16.7. The highest BCUT2D eigenvalue weighted by Gasteiger charge is 2.51. The second-order valence-corrected chi connectivity index (χ2v) is 14.4. The van der Waals surface area contributed by atoms with Gasteiger partial charge in [0.05, 0.1) is 25.2 Å². The van der Waals surface area contributed by atoms with Gasteiger partial charge in [-0.05, 0) is 37.8 Å². The van der Waals surface area contributed by atoms with Gasteiger partial charge < -0.3 is 60.4 Å². The average Bonchev–Trinajstić information content (AvgIpc) is 3.17. The lowest BCUT2D eigenvalue weighted by Gasteiger charge is -2.46. The van der Waals surface area contributed by atoms with Crippen LogP contribution in [0.3, 0.4) is 0 Å². The molecule has 0 aromatic heterocycles. The largest absolute Gasteiger partial charge is 0.394 e. The Morgan fingerprint density at radius 1 is 0.875 bits per heavy atom. The zero-order chi connectivity index (χ0) is 40.7. The number of hydrogen-bond acceptors (Lipinski definition) is 14. The van der Waals surface area contributed by atoms with Crippen LogP contribution in [-0.4, -0.2) is 145 Å². The maximum Gasteiger partial charge on any atom is 0.240 e. The molecule has 3 heterocycles. The molecule has 2 aromatic carbocycles. The van der Waals surface area contributed by atoms with Crippen molar-refractivity contribution in [3.8, 4) is 0 Å². The normalized spacial score (nSPS) is 30.6. The van der Waals surface area contributed by atoms with Crippen LogP contribution < -0.4 is 10.6 Å². The second kappa shape index (κ2) is 19.1. The van der Waals surface area contributed by atoms with E-state index in [1.165, 1.54) is 20.0 Å². The van der Waals surface area contributed by atoms with Crippen LogP contribution in [0.2, 0.25) is 0 Å². The Morgan fingerprint density at radius 2 is 1.50 bits per heavy atom. The van der Waals surface area contributed by atoms with Crippen LogP contribution in [0.15, 0.2) is 72.4 Å². The smallest absolute Gasteiger partial charge is 0.240 e. The molecule has 2 saturated heterocycles. The fourth-order valence-electron chi connectivity index (χ4n) is 6.88. The predicted octanol–water partition coefficient (Wildman–Crippen LogP) is -1.99. The van der Waals surface area contributed by atoms with Crippen molar-refractivity contribution in [2.75, 3.05) is 13.2 Å². The minimum atomic E-state index is -1.89. The van der Waals surface area contributed by atoms with Gasteiger partial charge in [-0.2, -0.15) is 0 Å². The summed E-state index contributed by atoms with van der Waals surface area (Å²) in [5, 5.41) is 68.5. The van der Waals surface area contributed by atoms with Crippen molar-refractivity contribution in [3.63, 3.8) is 0 Å². The van der Waals surface area contributed by atoms with Gasteiger partial charge in [0.15, 0.2) is 24.1 Å². The van der Waals surface area contributed by atoms with Gasteiger partial charge in [-0.3, -0.25) is 24.0 Å². The number of carbonyl (C=O) groups excluding carboxylic acids is 5. The van der Waals surface area contributed by atoms with Gasteiger partial charge in [0.2, 0.25) is 17.7 Å². The van der Waals surface area contributed by atoms with Crippen molar-refractivity contribution >= 4 is 29.3 Å². The summed E-state index contributed by atoms with van der Waals surface area (Å²) in [4.78, 5) is 67.3. The number of amides is 3. The Hall–Kier alpha value is -4.43. The molecular formula is C39H49N3O14. The van der Waals surface area contributed by atoms with Crippen LogP contribution in [0.5, 0.6) is 0 Å². The summed E-state index contributed by atoms with van der Waals surface area (Å²) in [6, 6.07) is 14.8. The summed E-state index contributed by atoms with van der Waals surface area (Å²) in [6.45, 7) is 1.71. The first kappa shape index (κ1) is 42.7. The van der Waals surface area contributed by atoms with E-state index in [9.17, 15) is 54.6 Å². The highest BCUT2D eigenvalue weighted by Crippen LogP contribution is 2.29. The summed E-state index contributed by atoms with van der Waals surface area (Å²) in [5.41, 5.74) is 1.66. The standard InChI is InChI=1S/C39H49N3O14/c1-20-17-42(30(47)16-26(20)44)18-29(46)40-25(14-23-11-7-4-8-12-23)27(45)15-24(13-22-9-5-3-6-10-22)37(52)41-31-36(33(49)28(19-43)55-38(31)53)56-39-35(51)34(50)32(48)21(2)54-39/h3-12,17,21,24-25,28,31-36,38-39,43,48-51,53H,13-16,18-19H2,1-2H3,(H,40,46)(H,41,52). The van der Waals surface area contributed by atoms with Gasteiger partial charge >= 0.3 is 0 Å². The number of benzene rings is 2. The molecule has 0 saturated carbocycles. The van der Waals surface area contributed by atoms with Crippen molar-refractivity contribution in [2.24, 2.45) is 5.92 Å². The number of ketones is 2. The topological polar surface area (TPSA) is 262 Å². The van der Waals surface area contributed by atoms with Crippen LogP contribution in [-0.2, 0) is 51.0 Å². The third-order valence-corrected chi connectivity index (χ3v) is 10.2. The lowest BCUT2D eigenvalue weighted by Crippen LogP contribution is -2.67. The van der Waals surface area contributed by atoms with Gasteiger partial charge in [-0.1, -0.05) is 60.7 Å². The summed E-state index contributed by atoms with van der Waals surface area (Å²) < 4.78 is 16.8. The molecule has 0 bridgehead atoms. The van der Waals surface area contributed by atoms with Crippen molar-refractivity contribution < 1.29 is 68.8 Å². The molecule has 12 atom stereocenters. The van der Waals surface area contributed by atoms with E-state index in [4.69, 9.17) is 14.2 Å². The number of Topliss-reactive ketones (excluding diaryl/α,β-unsaturated/α-hetero) is 2. The highest BCUT2D eigenvalue weighted by molar-refractivity contribution is 6.10. The maximum absolute atomic E-state index is 14.2. The first-order valence-electron chi connectivity index (χ1n) is 18.4. The molecule has 0 aliphatic carbocycles. The second-order valence-electron chi connectivity index (χ2n) is 14.4. The molecule has 3 aliphatic rings. The lowest BCUT2D eigenvalue weighted by atomic mass is 9.88. The molecular weight excluding hydrogens is 734 g/mol. The van der Waals surface area contributed by atoms with Gasteiger partial charge in [0.25, 0.3) is 0 Å². The fraction of sp³-hybridized carbons (Fsp3) is 0.513. The average molecular weight is 784 g/mol. The van der Waals surface area contributed by atoms with E-state index >= 15 is 0 Å². The van der Waals surface area contributed by atoms with E-state index in [1.807, 2.05) is 0 Å². The lowest BCUT2D eigenvalue weighted by molar-refractivity contribution is -0.337. The number of ether oxygens (including phenoxy) is 3. The molecule has 5 rings (SSSR count). The van der Waals surface area contributed by atoms with Gasteiger partial charge in [-0.25, -0.2) is 0 Å². The third kappa shape index (κ3) is 10.5. The summed E-state index contributed by atoms with van der Waals surface area (Å²) in [7, 11) is 0. The molecule has 0 radical (unpaired) electrons. The molecule has 2 aromatic rings. The van der Waals surface area contributed by atoms with Gasteiger partial charge in [0.1, 0.15) is 49.2 Å². The first-order valence-corrected chi connectivity index (χ1v) is 18.4. The summed E-state index contributed by atoms with van der Waals surface area (Å²) >= 11 is 0. The number of allylic oxidation sites excluding steroid dienone is 1. The zero-order valence-corrected chi connectivity index (χ0v) is 30.9. The van der Waals surface area contributed by atoms with Crippen LogP contribution >= 0.6 is 0 Å². The minimum Gasteiger partial charge on any atom is -0.394 e. The van der Waals surface area contributed by atoms with E-state index in [1.54, 1.807) is 60.7 Å². The van der Waals surface area contributed by atoms with Gasteiger partial charge in [0, 0.05) is 24.1 Å². The molecule has 3 aliphatic heterocycles. The number of carbonyl (C=O) groups is 5. The van der Waals surface area contributed by atoms with Crippen LogP contribution in [0.25, 0.3) is 0 Å². The molecule has 3 amide bonds. The van der Waals surface area contributed by atoms with Crippen molar-refractivity contribution in [3.05, 3.63) is 83.6 Å². The maximum atomic E-state index is 14.2.